The summed E-state index contributed by atoms with van der Waals surface area (Å²) in [5, 5.41) is -0.398. The van der Waals surface area contributed by atoms with Gasteiger partial charge in [0.05, 0.1) is 11.6 Å². The molecule has 0 atom stereocenters. The van der Waals surface area contributed by atoms with Gasteiger partial charge in [-0.15, -0.1) is 6.07 Å². The van der Waals surface area contributed by atoms with Gasteiger partial charge in [-0.25, -0.2) is 22.2 Å². The number of halogens is 2. The Morgan fingerprint density at radius 3 is 2.19 bits per heavy atom. The van der Waals surface area contributed by atoms with Crippen LogP contribution in [0.4, 0.5) is 8.78 Å². The Morgan fingerprint density at radius 2 is 1.53 bits per heavy atom. The van der Waals surface area contributed by atoms with E-state index < -0.39 is 38.3 Å². The third-order valence-electron chi connectivity index (χ3n) is 5.24. The number of pyridine rings is 3. The van der Waals surface area contributed by atoms with Gasteiger partial charge < -0.3 is 14.5 Å². The van der Waals surface area contributed by atoms with Crippen molar-refractivity contribution in [2.45, 2.75) is 24.3 Å². The Balaban J connectivity index is 0.00000361. The standard InChI is InChI=1S/C25H19F2N4O3S.Pt/c1-25(2,19-11-6-10-18(28-19)17-14-15-21(26)30-23(17)27)20-12-7-13-22(29-20)35(33,34)31-24(32)16-8-4-3-5-9-16;/h3-13,15H,1-2H3,(H,31,32);/q-1;+2/p-1. The second-order valence-corrected chi connectivity index (χ2v) is 9.57. The molecule has 4 aromatic rings. The zero-order valence-corrected chi connectivity index (χ0v) is 22.0. The summed E-state index contributed by atoms with van der Waals surface area (Å²) in [5.74, 6) is -2.96. The van der Waals surface area contributed by atoms with E-state index in [-0.39, 0.29) is 37.9 Å². The number of carbonyl (C=O) groups is 1. The van der Waals surface area contributed by atoms with Crippen LogP contribution in [-0.4, -0.2) is 29.3 Å². The second-order valence-electron chi connectivity index (χ2n) is 8.02. The molecule has 11 heteroatoms. The molecule has 3 aromatic heterocycles. The van der Waals surface area contributed by atoms with Crippen molar-refractivity contribution in [2.75, 3.05) is 0 Å². The molecule has 0 aliphatic carbocycles. The molecule has 1 aromatic carbocycles. The number of aromatic nitrogens is 3. The molecule has 0 aliphatic rings. The van der Waals surface area contributed by atoms with Crippen molar-refractivity contribution in [3.8, 4) is 11.3 Å². The average Bonchev–Trinajstić information content (AvgIpc) is 2.84. The molecule has 36 heavy (non-hydrogen) atoms. The van der Waals surface area contributed by atoms with E-state index in [0.717, 1.165) is 6.07 Å². The Bertz CT molecular complexity index is 1520. The van der Waals surface area contributed by atoms with Crippen LogP contribution in [0.25, 0.3) is 16.0 Å². The Hall–Kier alpha value is -3.36. The molecule has 0 saturated carbocycles. The minimum atomic E-state index is -4.39. The van der Waals surface area contributed by atoms with Crippen LogP contribution in [-0.2, 0) is 36.5 Å². The van der Waals surface area contributed by atoms with Gasteiger partial charge in [-0.05, 0) is 43.3 Å². The molecular weight excluding hydrogens is 669 g/mol. The minimum absolute atomic E-state index is 0. The van der Waals surface area contributed by atoms with Crippen molar-refractivity contribution in [3.63, 3.8) is 0 Å². The first-order chi connectivity index (χ1) is 16.6. The SMILES string of the molecule is CC(C)(c1cccc(-c2[c-]cc(F)nc2F)n1)c1cccc(S(=O)(=O)[N-]C(=O)c2ccccc2)n1.[Pt+2]. The first-order valence-corrected chi connectivity index (χ1v) is 11.8. The Kier molecular flexibility index (Phi) is 8.11. The van der Waals surface area contributed by atoms with Gasteiger partial charge in [0.25, 0.3) is 0 Å². The maximum atomic E-state index is 14.2. The van der Waals surface area contributed by atoms with E-state index in [9.17, 15) is 22.0 Å². The van der Waals surface area contributed by atoms with E-state index in [0.29, 0.717) is 11.4 Å². The first kappa shape index (κ1) is 27.2. The van der Waals surface area contributed by atoms with E-state index in [2.05, 4.69) is 25.7 Å². The molecule has 0 unspecified atom stereocenters. The Labute approximate surface area is 221 Å². The molecule has 186 valence electrons. The van der Waals surface area contributed by atoms with Gasteiger partial charge in [0.2, 0.25) is 0 Å². The molecular formula is C25H18F2N4O3PtS. The quantitative estimate of drug-likeness (QED) is 0.212. The largest absolute Gasteiger partial charge is 2.00 e. The van der Waals surface area contributed by atoms with E-state index in [1.807, 2.05) is 0 Å². The fourth-order valence-corrected chi connectivity index (χ4v) is 4.18. The molecule has 0 N–H and O–H groups in total. The predicted molar refractivity (Wildman–Crippen MR) is 124 cm³/mol. The fraction of sp³-hybridized carbons (Fsp3) is 0.120. The van der Waals surface area contributed by atoms with Gasteiger partial charge in [-0.2, -0.15) is 0 Å². The fourth-order valence-electron chi connectivity index (χ4n) is 3.30. The topological polar surface area (TPSA) is 104 Å². The van der Waals surface area contributed by atoms with Crippen molar-refractivity contribution >= 4 is 15.9 Å². The third-order valence-corrected chi connectivity index (χ3v) is 6.41. The molecule has 0 fully saturated rings. The molecule has 7 nitrogen and oxygen atoms in total. The summed E-state index contributed by atoms with van der Waals surface area (Å²) in [6.07, 6.45) is 0. The van der Waals surface area contributed by atoms with Crippen LogP contribution < -0.4 is 0 Å². The molecule has 1 amide bonds. The molecule has 0 aliphatic heterocycles. The monoisotopic (exact) mass is 687 g/mol. The van der Waals surface area contributed by atoms with Crippen molar-refractivity contribution in [1.82, 2.24) is 15.0 Å². The summed E-state index contributed by atoms with van der Waals surface area (Å²) < 4.78 is 56.3. The summed E-state index contributed by atoms with van der Waals surface area (Å²) >= 11 is 0. The maximum absolute atomic E-state index is 14.2. The number of rotatable bonds is 6. The first-order valence-electron chi connectivity index (χ1n) is 10.3. The molecule has 0 bridgehead atoms. The number of carbonyl (C=O) groups excluding carboxylic acids is 1. The van der Waals surface area contributed by atoms with Crippen molar-refractivity contribution in [2.24, 2.45) is 0 Å². The van der Waals surface area contributed by atoms with Crippen LogP contribution in [0.15, 0.2) is 77.8 Å². The molecule has 0 radical (unpaired) electrons. The van der Waals surface area contributed by atoms with Crippen LogP contribution in [0.3, 0.4) is 0 Å². The number of hydrogen-bond acceptors (Lipinski definition) is 6. The number of amides is 1. The van der Waals surface area contributed by atoms with Gasteiger partial charge in [0, 0.05) is 11.1 Å². The molecule has 3 heterocycles. The number of nitrogens with zero attached hydrogens (tertiary/aromatic N) is 4. The summed E-state index contributed by atoms with van der Waals surface area (Å²) in [7, 11) is -4.39. The zero-order chi connectivity index (χ0) is 25.2. The summed E-state index contributed by atoms with van der Waals surface area (Å²) in [5.41, 5.74) is 0.0283. The smallest absolute Gasteiger partial charge is 0.536 e. The maximum Gasteiger partial charge on any atom is 2.00 e. The molecule has 0 spiro atoms. The average molecular weight is 688 g/mol. The van der Waals surface area contributed by atoms with Crippen LogP contribution in [0.1, 0.15) is 35.6 Å². The van der Waals surface area contributed by atoms with E-state index >= 15 is 0 Å². The van der Waals surface area contributed by atoms with E-state index in [1.165, 1.54) is 30.3 Å². The van der Waals surface area contributed by atoms with Gasteiger partial charge in [0.15, 0.2) is 0 Å². The van der Waals surface area contributed by atoms with Crippen LogP contribution >= 0.6 is 0 Å². The summed E-state index contributed by atoms with van der Waals surface area (Å²) in [6, 6.07) is 20.4. The van der Waals surface area contributed by atoms with Crippen LogP contribution in [0.5, 0.6) is 0 Å². The zero-order valence-electron chi connectivity index (χ0n) is 18.9. The third kappa shape index (κ3) is 5.71. The molecule has 4 rings (SSSR count). The van der Waals surface area contributed by atoms with E-state index in [4.69, 9.17) is 0 Å². The van der Waals surface area contributed by atoms with Gasteiger partial charge in [0.1, 0.15) is 26.9 Å². The second kappa shape index (κ2) is 10.7. The van der Waals surface area contributed by atoms with Crippen molar-refractivity contribution in [1.29, 1.82) is 0 Å². The van der Waals surface area contributed by atoms with Gasteiger partial charge in [-0.1, -0.05) is 60.2 Å². The van der Waals surface area contributed by atoms with Crippen molar-refractivity contribution < 1.29 is 43.1 Å². The van der Waals surface area contributed by atoms with Crippen LogP contribution in [0, 0.1) is 18.0 Å². The van der Waals surface area contributed by atoms with Crippen molar-refractivity contribution in [3.05, 3.63) is 112 Å². The number of hydrogen-bond donors (Lipinski definition) is 0. The van der Waals surface area contributed by atoms with Gasteiger partial charge >= 0.3 is 21.1 Å². The number of sulfonamides is 1. The van der Waals surface area contributed by atoms with Crippen LogP contribution in [0.2, 0.25) is 0 Å². The normalized spacial score (nSPS) is 11.4. The Morgan fingerprint density at radius 1 is 0.889 bits per heavy atom. The molecule has 0 saturated heterocycles. The number of benzene rings is 1. The summed E-state index contributed by atoms with van der Waals surface area (Å²) in [6.45, 7) is 3.51. The van der Waals surface area contributed by atoms with Gasteiger partial charge in [-0.3, -0.25) is 4.98 Å². The minimum Gasteiger partial charge on any atom is -0.536 e. The predicted octanol–water partition coefficient (Wildman–Crippen LogP) is 4.84. The summed E-state index contributed by atoms with van der Waals surface area (Å²) in [4.78, 5) is 24.2. The van der Waals surface area contributed by atoms with E-state index in [1.54, 1.807) is 50.2 Å².